The maximum Gasteiger partial charge on any atom is 0.254 e. The molecule has 1 fully saturated rings. The standard InChI is InChI=1S/C15H17N5O2/c1-19-9-10(8-17-19)20-7-6-13(15(20)22)18-14(21)11-4-2-3-5-12(11)16/h2-5,8-9,13H,6-7,16H2,1H3,(H,18,21). The van der Waals surface area contributed by atoms with Crippen LogP contribution in [0.1, 0.15) is 16.8 Å². The monoisotopic (exact) mass is 299 g/mol. The number of aromatic nitrogens is 2. The van der Waals surface area contributed by atoms with Crippen molar-refractivity contribution in [1.29, 1.82) is 0 Å². The highest BCUT2D eigenvalue weighted by molar-refractivity contribution is 6.05. The summed E-state index contributed by atoms with van der Waals surface area (Å²) in [6.07, 6.45) is 3.97. The zero-order chi connectivity index (χ0) is 15.7. The van der Waals surface area contributed by atoms with Gasteiger partial charge < -0.3 is 16.0 Å². The molecule has 7 heteroatoms. The van der Waals surface area contributed by atoms with Gasteiger partial charge in [-0.05, 0) is 18.6 Å². The Morgan fingerprint density at radius 1 is 1.41 bits per heavy atom. The summed E-state index contributed by atoms with van der Waals surface area (Å²) in [5.41, 5.74) is 7.31. The van der Waals surface area contributed by atoms with E-state index in [1.165, 1.54) is 0 Å². The smallest absolute Gasteiger partial charge is 0.254 e. The first-order valence-corrected chi connectivity index (χ1v) is 7.01. The SMILES string of the molecule is Cn1cc(N2CCC(NC(=O)c3ccccc3N)C2=O)cn1. The van der Waals surface area contributed by atoms with Gasteiger partial charge in [-0.3, -0.25) is 14.3 Å². The maximum absolute atomic E-state index is 12.4. The van der Waals surface area contributed by atoms with Crippen molar-refractivity contribution in [3.05, 3.63) is 42.2 Å². The van der Waals surface area contributed by atoms with Crippen LogP contribution in [0.5, 0.6) is 0 Å². The molecule has 1 unspecified atom stereocenters. The average Bonchev–Trinajstić information content (AvgIpc) is 3.06. The molecule has 3 rings (SSSR count). The molecule has 3 N–H and O–H groups in total. The molecule has 1 saturated heterocycles. The Morgan fingerprint density at radius 2 is 2.18 bits per heavy atom. The fourth-order valence-electron chi connectivity index (χ4n) is 2.56. The number of aryl methyl sites for hydroxylation is 1. The normalized spacial score (nSPS) is 17.8. The molecule has 0 aliphatic carbocycles. The maximum atomic E-state index is 12.4. The molecule has 1 aromatic carbocycles. The highest BCUT2D eigenvalue weighted by Gasteiger charge is 2.34. The minimum Gasteiger partial charge on any atom is -0.398 e. The van der Waals surface area contributed by atoms with Crippen LogP contribution in [0.15, 0.2) is 36.7 Å². The van der Waals surface area contributed by atoms with Crippen molar-refractivity contribution < 1.29 is 9.59 Å². The second kappa shape index (κ2) is 5.51. The van der Waals surface area contributed by atoms with Crippen molar-refractivity contribution in [2.75, 3.05) is 17.2 Å². The summed E-state index contributed by atoms with van der Waals surface area (Å²) >= 11 is 0. The predicted molar refractivity (Wildman–Crippen MR) is 82.3 cm³/mol. The minimum atomic E-state index is -0.535. The lowest BCUT2D eigenvalue weighted by Gasteiger charge is -2.15. The van der Waals surface area contributed by atoms with Gasteiger partial charge in [0.05, 0.1) is 17.4 Å². The molecule has 2 amide bonds. The molecule has 1 aromatic heterocycles. The molecule has 2 heterocycles. The summed E-state index contributed by atoms with van der Waals surface area (Å²) in [6.45, 7) is 0.555. The topological polar surface area (TPSA) is 93.2 Å². The number of benzene rings is 1. The first kappa shape index (κ1) is 14.1. The quantitative estimate of drug-likeness (QED) is 0.809. The number of rotatable bonds is 3. The molecular weight excluding hydrogens is 282 g/mol. The van der Waals surface area contributed by atoms with Crippen LogP contribution in [0.3, 0.4) is 0 Å². The molecule has 0 radical (unpaired) electrons. The molecule has 22 heavy (non-hydrogen) atoms. The van der Waals surface area contributed by atoms with Gasteiger partial charge in [0, 0.05) is 25.5 Å². The van der Waals surface area contributed by atoms with E-state index in [1.54, 1.807) is 53.3 Å². The predicted octanol–water partition coefficient (Wildman–Crippen LogP) is 0.538. The second-order valence-electron chi connectivity index (χ2n) is 5.26. The van der Waals surface area contributed by atoms with Crippen LogP contribution in [0, 0.1) is 0 Å². The fraction of sp³-hybridized carbons (Fsp3) is 0.267. The third-order valence-corrected chi connectivity index (χ3v) is 3.72. The van der Waals surface area contributed by atoms with Crippen molar-refractivity contribution in [3.63, 3.8) is 0 Å². The van der Waals surface area contributed by atoms with Crippen LogP contribution < -0.4 is 16.0 Å². The van der Waals surface area contributed by atoms with E-state index in [2.05, 4.69) is 10.4 Å². The van der Waals surface area contributed by atoms with E-state index in [-0.39, 0.29) is 11.8 Å². The van der Waals surface area contributed by atoms with Crippen LogP contribution in [0.4, 0.5) is 11.4 Å². The Balaban J connectivity index is 1.71. The molecule has 1 aliphatic rings. The van der Waals surface area contributed by atoms with Gasteiger partial charge in [-0.1, -0.05) is 12.1 Å². The van der Waals surface area contributed by atoms with Gasteiger partial charge in [-0.2, -0.15) is 5.10 Å². The minimum absolute atomic E-state index is 0.129. The van der Waals surface area contributed by atoms with Crippen LogP contribution >= 0.6 is 0 Å². The van der Waals surface area contributed by atoms with Gasteiger partial charge in [0.2, 0.25) is 5.91 Å². The lowest BCUT2D eigenvalue weighted by molar-refractivity contribution is -0.118. The van der Waals surface area contributed by atoms with Gasteiger partial charge >= 0.3 is 0 Å². The Bertz CT molecular complexity index is 724. The number of anilines is 2. The summed E-state index contributed by atoms with van der Waals surface area (Å²) in [7, 11) is 1.79. The highest BCUT2D eigenvalue weighted by Crippen LogP contribution is 2.21. The second-order valence-corrected chi connectivity index (χ2v) is 5.26. The van der Waals surface area contributed by atoms with Crippen molar-refractivity contribution in [1.82, 2.24) is 15.1 Å². The molecule has 2 aromatic rings. The van der Waals surface area contributed by atoms with E-state index >= 15 is 0 Å². The number of nitrogens with two attached hydrogens (primary N) is 1. The molecule has 1 atom stereocenters. The molecule has 0 bridgehead atoms. The van der Waals surface area contributed by atoms with Crippen molar-refractivity contribution in [2.24, 2.45) is 7.05 Å². The average molecular weight is 299 g/mol. The summed E-state index contributed by atoms with van der Waals surface area (Å²) < 4.78 is 1.64. The van der Waals surface area contributed by atoms with E-state index in [0.29, 0.717) is 24.2 Å². The third-order valence-electron chi connectivity index (χ3n) is 3.72. The van der Waals surface area contributed by atoms with Crippen LogP contribution in [0.2, 0.25) is 0 Å². The van der Waals surface area contributed by atoms with E-state index in [4.69, 9.17) is 5.73 Å². The highest BCUT2D eigenvalue weighted by atomic mass is 16.2. The molecule has 114 valence electrons. The van der Waals surface area contributed by atoms with E-state index in [1.807, 2.05) is 0 Å². The molecule has 0 spiro atoms. The van der Waals surface area contributed by atoms with Gasteiger partial charge in [0.15, 0.2) is 0 Å². The number of nitrogens with zero attached hydrogens (tertiary/aromatic N) is 3. The Labute approximate surface area is 127 Å². The number of hydrogen-bond acceptors (Lipinski definition) is 4. The van der Waals surface area contributed by atoms with Crippen molar-refractivity contribution in [2.45, 2.75) is 12.5 Å². The van der Waals surface area contributed by atoms with Gasteiger partial charge in [-0.15, -0.1) is 0 Å². The Kier molecular flexibility index (Phi) is 3.54. The Morgan fingerprint density at radius 3 is 2.86 bits per heavy atom. The molecule has 7 nitrogen and oxygen atoms in total. The number of nitrogen functional groups attached to an aromatic ring is 1. The van der Waals surface area contributed by atoms with Crippen molar-refractivity contribution in [3.8, 4) is 0 Å². The van der Waals surface area contributed by atoms with Crippen LogP contribution in [-0.2, 0) is 11.8 Å². The van der Waals surface area contributed by atoms with Crippen LogP contribution in [-0.4, -0.2) is 34.2 Å². The summed E-state index contributed by atoms with van der Waals surface area (Å²) in [5, 5.41) is 6.81. The summed E-state index contributed by atoms with van der Waals surface area (Å²) in [5.74, 6) is -0.458. The van der Waals surface area contributed by atoms with Gasteiger partial charge in [0.1, 0.15) is 6.04 Å². The molecule has 0 saturated carbocycles. The van der Waals surface area contributed by atoms with Crippen LogP contribution in [0.25, 0.3) is 0 Å². The third kappa shape index (κ3) is 2.52. The molecule has 1 aliphatic heterocycles. The number of carbonyl (C=O) groups excluding carboxylic acids is 2. The lowest BCUT2D eigenvalue weighted by Crippen LogP contribution is -2.41. The lowest BCUT2D eigenvalue weighted by atomic mass is 10.1. The van der Waals surface area contributed by atoms with Crippen molar-refractivity contribution >= 4 is 23.2 Å². The number of para-hydroxylation sites is 1. The number of nitrogens with one attached hydrogen (secondary N) is 1. The van der Waals surface area contributed by atoms with Gasteiger partial charge in [0.25, 0.3) is 5.91 Å². The first-order chi connectivity index (χ1) is 10.6. The zero-order valence-corrected chi connectivity index (χ0v) is 12.2. The van der Waals surface area contributed by atoms with E-state index < -0.39 is 6.04 Å². The van der Waals surface area contributed by atoms with Gasteiger partial charge in [-0.25, -0.2) is 0 Å². The largest absolute Gasteiger partial charge is 0.398 e. The number of hydrogen-bond donors (Lipinski definition) is 2. The van der Waals surface area contributed by atoms with E-state index in [0.717, 1.165) is 5.69 Å². The molecular formula is C15H17N5O2. The summed E-state index contributed by atoms with van der Waals surface area (Å²) in [4.78, 5) is 26.3. The fourth-order valence-corrected chi connectivity index (χ4v) is 2.56. The summed E-state index contributed by atoms with van der Waals surface area (Å²) in [6, 6.07) is 6.27. The van der Waals surface area contributed by atoms with E-state index in [9.17, 15) is 9.59 Å². The number of amides is 2. The zero-order valence-electron chi connectivity index (χ0n) is 12.2. The first-order valence-electron chi connectivity index (χ1n) is 7.01. The number of carbonyl (C=O) groups is 2. The Hall–Kier alpha value is -2.83.